The molecule has 4 nitrogen and oxygen atoms in total. The number of nitrogens with zero attached hydrogens (tertiary/aromatic N) is 1. The van der Waals surface area contributed by atoms with E-state index in [1.165, 1.54) is 24.8 Å². The van der Waals surface area contributed by atoms with Gasteiger partial charge in [0, 0.05) is 13.1 Å². The van der Waals surface area contributed by atoms with Crippen molar-refractivity contribution in [3.05, 3.63) is 65.2 Å². The van der Waals surface area contributed by atoms with Crippen LogP contribution in [0.5, 0.6) is 0 Å². The normalized spacial score (nSPS) is 16.0. The van der Waals surface area contributed by atoms with Crippen LogP contribution in [-0.4, -0.2) is 26.4 Å². The minimum absolute atomic E-state index is 0.312. The zero-order valence-corrected chi connectivity index (χ0v) is 15.6. The average molecular weight is 359 g/mol. The molecule has 0 aromatic heterocycles. The fourth-order valence-corrected chi connectivity index (χ4v) is 4.22. The number of likely N-dealkylation sites (tertiary alicyclic amines) is 1. The van der Waals surface area contributed by atoms with E-state index in [9.17, 15) is 8.42 Å². The molecular weight excluding hydrogens is 332 g/mol. The molecule has 1 aliphatic heterocycles. The monoisotopic (exact) mass is 358 g/mol. The molecule has 3 rings (SSSR count). The van der Waals surface area contributed by atoms with Crippen LogP contribution in [0, 0.1) is 6.92 Å². The topological polar surface area (TPSA) is 49.4 Å². The van der Waals surface area contributed by atoms with Gasteiger partial charge in [0.25, 0.3) is 0 Å². The van der Waals surface area contributed by atoms with Gasteiger partial charge in [0.15, 0.2) is 0 Å². The fourth-order valence-electron chi connectivity index (χ4n) is 3.22. The van der Waals surface area contributed by atoms with Crippen LogP contribution < -0.4 is 4.72 Å². The van der Waals surface area contributed by atoms with E-state index >= 15 is 0 Å². The zero-order valence-electron chi connectivity index (χ0n) is 14.7. The summed E-state index contributed by atoms with van der Waals surface area (Å²) >= 11 is 0. The summed E-state index contributed by atoms with van der Waals surface area (Å²) in [7, 11) is -3.49. The number of aryl methyl sites for hydroxylation is 1. The van der Waals surface area contributed by atoms with Gasteiger partial charge in [0.2, 0.25) is 10.0 Å². The molecule has 25 heavy (non-hydrogen) atoms. The van der Waals surface area contributed by atoms with Gasteiger partial charge in [0.1, 0.15) is 0 Å². The molecule has 0 radical (unpaired) electrons. The summed E-state index contributed by atoms with van der Waals surface area (Å²) in [5.41, 5.74) is 3.30. The van der Waals surface area contributed by atoms with E-state index in [0.717, 1.165) is 30.8 Å². The molecule has 0 bridgehead atoms. The largest absolute Gasteiger partial charge is 0.299 e. The Hall–Kier alpha value is -1.69. The first-order valence-corrected chi connectivity index (χ1v) is 10.4. The van der Waals surface area contributed by atoms with Gasteiger partial charge in [0.05, 0.1) is 4.90 Å². The molecule has 0 aliphatic carbocycles. The summed E-state index contributed by atoms with van der Waals surface area (Å²) in [6, 6.07) is 15.0. The van der Waals surface area contributed by atoms with Crippen LogP contribution in [0.15, 0.2) is 53.4 Å². The SMILES string of the molecule is Cc1ccc(S(=O)(=O)NCc2ccccc2CN2CCCCC2)cc1. The van der Waals surface area contributed by atoms with Crippen molar-refractivity contribution in [1.29, 1.82) is 0 Å². The van der Waals surface area contributed by atoms with Crippen molar-refractivity contribution in [2.45, 2.75) is 44.2 Å². The summed E-state index contributed by atoms with van der Waals surface area (Å²) in [5, 5.41) is 0. The number of hydrogen-bond donors (Lipinski definition) is 1. The van der Waals surface area contributed by atoms with Crippen LogP contribution >= 0.6 is 0 Å². The summed E-state index contributed by atoms with van der Waals surface area (Å²) in [5.74, 6) is 0. The van der Waals surface area contributed by atoms with Gasteiger partial charge in [-0.25, -0.2) is 13.1 Å². The van der Waals surface area contributed by atoms with Crippen molar-refractivity contribution in [2.24, 2.45) is 0 Å². The molecule has 0 atom stereocenters. The van der Waals surface area contributed by atoms with Gasteiger partial charge in [-0.05, 0) is 56.1 Å². The molecule has 0 unspecified atom stereocenters. The van der Waals surface area contributed by atoms with Crippen LogP contribution in [0.25, 0.3) is 0 Å². The molecule has 1 aliphatic rings. The van der Waals surface area contributed by atoms with E-state index in [1.54, 1.807) is 12.1 Å². The Morgan fingerprint density at radius 1 is 0.920 bits per heavy atom. The fraction of sp³-hybridized carbons (Fsp3) is 0.400. The zero-order chi connectivity index (χ0) is 17.7. The lowest BCUT2D eigenvalue weighted by Gasteiger charge is -2.27. The molecule has 0 spiro atoms. The molecule has 1 N–H and O–H groups in total. The lowest BCUT2D eigenvalue weighted by atomic mass is 10.1. The minimum Gasteiger partial charge on any atom is -0.299 e. The molecule has 0 amide bonds. The van der Waals surface area contributed by atoms with Crippen LogP contribution in [0.2, 0.25) is 0 Å². The third kappa shape index (κ3) is 4.91. The number of piperidine rings is 1. The van der Waals surface area contributed by atoms with Crippen molar-refractivity contribution < 1.29 is 8.42 Å². The summed E-state index contributed by atoms with van der Waals surface area (Å²) in [4.78, 5) is 2.77. The predicted molar refractivity (Wildman–Crippen MR) is 101 cm³/mol. The number of hydrogen-bond acceptors (Lipinski definition) is 3. The first-order valence-electron chi connectivity index (χ1n) is 8.90. The van der Waals surface area contributed by atoms with Crippen molar-refractivity contribution >= 4 is 10.0 Å². The first kappa shape index (κ1) is 18.1. The van der Waals surface area contributed by atoms with Gasteiger partial charge in [-0.15, -0.1) is 0 Å². The Balaban J connectivity index is 1.69. The summed E-state index contributed by atoms with van der Waals surface area (Å²) in [6.07, 6.45) is 3.82. The standard InChI is InChI=1S/C20H26N2O2S/c1-17-9-11-20(12-10-17)25(23,24)21-15-18-7-3-4-8-19(18)16-22-13-5-2-6-14-22/h3-4,7-12,21H,2,5-6,13-16H2,1H3. The molecular formula is C20H26N2O2S. The molecule has 5 heteroatoms. The number of benzene rings is 2. The van der Waals surface area contributed by atoms with E-state index in [4.69, 9.17) is 0 Å². The van der Waals surface area contributed by atoms with E-state index in [-0.39, 0.29) is 0 Å². The second kappa shape index (κ2) is 8.13. The predicted octanol–water partition coefficient (Wildman–Crippen LogP) is 3.46. The average Bonchev–Trinajstić information content (AvgIpc) is 2.62. The maximum Gasteiger partial charge on any atom is 0.240 e. The molecule has 1 fully saturated rings. The van der Waals surface area contributed by atoms with Crippen molar-refractivity contribution in [3.8, 4) is 0 Å². The van der Waals surface area contributed by atoms with E-state index < -0.39 is 10.0 Å². The molecule has 0 saturated carbocycles. The third-order valence-electron chi connectivity index (χ3n) is 4.74. The van der Waals surface area contributed by atoms with Crippen LogP contribution in [-0.2, 0) is 23.1 Å². The number of sulfonamides is 1. The summed E-state index contributed by atoms with van der Waals surface area (Å²) < 4.78 is 27.7. The van der Waals surface area contributed by atoms with Crippen molar-refractivity contribution in [1.82, 2.24) is 9.62 Å². The number of rotatable bonds is 6. The summed E-state index contributed by atoms with van der Waals surface area (Å²) in [6.45, 7) is 5.41. The second-order valence-electron chi connectivity index (χ2n) is 6.74. The highest BCUT2D eigenvalue weighted by atomic mass is 32.2. The highest BCUT2D eigenvalue weighted by molar-refractivity contribution is 7.89. The Labute approximate surface area is 150 Å². The quantitative estimate of drug-likeness (QED) is 0.860. The van der Waals surface area contributed by atoms with E-state index in [1.807, 2.05) is 37.3 Å². The number of nitrogens with one attached hydrogen (secondary N) is 1. The van der Waals surface area contributed by atoms with E-state index in [0.29, 0.717) is 11.4 Å². The highest BCUT2D eigenvalue weighted by Crippen LogP contribution is 2.17. The lowest BCUT2D eigenvalue weighted by molar-refractivity contribution is 0.220. The molecule has 1 saturated heterocycles. The lowest BCUT2D eigenvalue weighted by Crippen LogP contribution is -2.30. The van der Waals surface area contributed by atoms with Gasteiger partial charge in [-0.1, -0.05) is 48.4 Å². The highest BCUT2D eigenvalue weighted by Gasteiger charge is 2.16. The van der Waals surface area contributed by atoms with Crippen LogP contribution in [0.1, 0.15) is 36.0 Å². The minimum atomic E-state index is -3.49. The maximum atomic E-state index is 12.5. The van der Waals surface area contributed by atoms with Crippen LogP contribution in [0.3, 0.4) is 0 Å². The van der Waals surface area contributed by atoms with Crippen molar-refractivity contribution in [2.75, 3.05) is 13.1 Å². The Morgan fingerprint density at radius 3 is 2.24 bits per heavy atom. The first-order chi connectivity index (χ1) is 12.0. The third-order valence-corrected chi connectivity index (χ3v) is 6.16. The van der Waals surface area contributed by atoms with Crippen LogP contribution in [0.4, 0.5) is 0 Å². The Morgan fingerprint density at radius 2 is 1.56 bits per heavy atom. The maximum absolute atomic E-state index is 12.5. The van der Waals surface area contributed by atoms with Gasteiger partial charge in [-0.2, -0.15) is 0 Å². The molecule has 2 aromatic carbocycles. The van der Waals surface area contributed by atoms with E-state index in [2.05, 4.69) is 15.7 Å². The van der Waals surface area contributed by atoms with Gasteiger partial charge < -0.3 is 0 Å². The smallest absolute Gasteiger partial charge is 0.240 e. The molecule has 134 valence electrons. The second-order valence-corrected chi connectivity index (χ2v) is 8.51. The molecule has 2 aromatic rings. The Bertz CT molecular complexity index is 795. The van der Waals surface area contributed by atoms with Gasteiger partial charge >= 0.3 is 0 Å². The van der Waals surface area contributed by atoms with Gasteiger partial charge in [-0.3, -0.25) is 4.90 Å². The molecule has 1 heterocycles. The van der Waals surface area contributed by atoms with Crippen molar-refractivity contribution in [3.63, 3.8) is 0 Å². The Kier molecular flexibility index (Phi) is 5.89.